The highest BCUT2D eigenvalue weighted by atomic mass is 16.2. The lowest BCUT2D eigenvalue weighted by atomic mass is 10.0. The lowest BCUT2D eigenvalue weighted by Crippen LogP contribution is -2.47. The summed E-state index contributed by atoms with van der Waals surface area (Å²) < 4.78 is 0. The van der Waals surface area contributed by atoms with Gasteiger partial charge in [0, 0.05) is 6.54 Å². The number of carbonyl (C=O) groups is 1. The van der Waals surface area contributed by atoms with E-state index in [-0.39, 0.29) is 5.96 Å². The summed E-state index contributed by atoms with van der Waals surface area (Å²) in [5.41, 5.74) is 9.25. The first-order valence-electron chi connectivity index (χ1n) is 7.59. The van der Waals surface area contributed by atoms with E-state index in [2.05, 4.69) is 5.32 Å². The number of rotatable bonds is 4. The number of anilines is 1. The molecule has 0 radical (unpaired) electrons. The van der Waals surface area contributed by atoms with Crippen molar-refractivity contribution in [3.8, 4) is 0 Å². The molecule has 0 spiro atoms. The van der Waals surface area contributed by atoms with E-state index in [4.69, 9.17) is 11.1 Å². The van der Waals surface area contributed by atoms with Gasteiger partial charge in [-0.3, -0.25) is 5.41 Å². The van der Waals surface area contributed by atoms with Crippen molar-refractivity contribution in [2.45, 2.75) is 26.8 Å². The molecular formula is C18H22N4O. The number of amides is 2. The summed E-state index contributed by atoms with van der Waals surface area (Å²) in [6.45, 7) is 4.31. The first kappa shape index (κ1) is 16.5. The zero-order valence-electron chi connectivity index (χ0n) is 13.5. The molecule has 0 unspecified atom stereocenters. The van der Waals surface area contributed by atoms with Crippen molar-refractivity contribution in [1.29, 1.82) is 5.41 Å². The third-order valence-electron chi connectivity index (χ3n) is 3.66. The fraction of sp³-hybridized carbons (Fsp3) is 0.222. The number of nitrogens with two attached hydrogens (primary N) is 1. The van der Waals surface area contributed by atoms with Gasteiger partial charge < -0.3 is 11.1 Å². The zero-order valence-corrected chi connectivity index (χ0v) is 13.5. The van der Waals surface area contributed by atoms with Gasteiger partial charge in [-0.15, -0.1) is 0 Å². The molecule has 0 heterocycles. The fourth-order valence-electron chi connectivity index (χ4n) is 2.51. The number of hydrogen-bond donors (Lipinski definition) is 3. The Morgan fingerprint density at radius 2 is 1.87 bits per heavy atom. The van der Waals surface area contributed by atoms with Gasteiger partial charge in [-0.05, 0) is 30.0 Å². The van der Waals surface area contributed by atoms with Crippen LogP contribution in [0.3, 0.4) is 0 Å². The lowest BCUT2D eigenvalue weighted by Gasteiger charge is -2.25. The van der Waals surface area contributed by atoms with Gasteiger partial charge in [0.05, 0.1) is 5.69 Å². The third-order valence-corrected chi connectivity index (χ3v) is 3.66. The van der Waals surface area contributed by atoms with Crippen LogP contribution < -0.4 is 16.0 Å². The largest absolute Gasteiger partial charge is 0.369 e. The molecule has 120 valence electrons. The molecular weight excluding hydrogens is 288 g/mol. The van der Waals surface area contributed by atoms with Crippen molar-refractivity contribution in [2.75, 3.05) is 4.90 Å². The molecule has 2 rings (SSSR count). The quantitative estimate of drug-likeness (QED) is 0.599. The van der Waals surface area contributed by atoms with Crippen molar-refractivity contribution in [3.05, 3.63) is 65.2 Å². The topological polar surface area (TPSA) is 82.2 Å². The molecule has 2 aromatic carbocycles. The van der Waals surface area contributed by atoms with E-state index >= 15 is 0 Å². The second kappa shape index (κ2) is 7.45. The molecule has 0 aliphatic carbocycles. The molecule has 0 saturated carbocycles. The second-order valence-corrected chi connectivity index (χ2v) is 5.30. The predicted octanol–water partition coefficient (Wildman–Crippen LogP) is 3.17. The molecule has 0 saturated heterocycles. The van der Waals surface area contributed by atoms with Crippen LogP contribution in [0.5, 0.6) is 0 Å². The standard InChI is InChI=1S/C18H22N4O/c1-3-15-11-7-8-13(2)16(15)22(17(19)20)18(23)21-12-14-9-5-4-6-10-14/h4-11H,3,12H2,1-2H3,(H3,19,20)(H,21,23). The first-order chi connectivity index (χ1) is 11.0. The molecule has 2 amide bonds. The van der Waals surface area contributed by atoms with Crippen LogP contribution >= 0.6 is 0 Å². The number of carbonyl (C=O) groups excluding carboxylic acids is 1. The Morgan fingerprint density at radius 1 is 1.17 bits per heavy atom. The normalized spacial score (nSPS) is 10.2. The van der Waals surface area contributed by atoms with E-state index in [1.54, 1.807) is 0 Å². The maximum Gasteiger partial charge on any atom is 0.329 e. The summed E-state index contributed by atoms with van der Waals surface area (Å²) in [5, 5.41) is 10.6. The van der Waals surface area contributed by atoms with Crippen LogP contribution in [0.25, 0.3) is 0 Å². The summed E-state index contributed by atoms with van der Waals surface area (Å²) >= 11 is 0. The van der Waals surface area contributed by atoms with Crippen LogP contribution in [0.2, 0.25) is 0 Å². The summed E-state index contributed by atoms with van der Waals surface area (Å²) in [4.78, 5) is 13.8. The number of nitrogens with one attached hydrogen (secondary N) is 2. The Morgan fingerprint density at radius 3 is 2.48 bits per heavy atom. The van der Waals surface area contributed by atoms with Crippen LogP contribution in [0, 0.1) is 12.3 Å². The fourth-order valence-corrected chi connectivity index (χ4v) is 2.51. The van der Waals surface area contributed by atoms with Gasteiger partial charge in [0.15, 0.2) is 0 Å². The molecule has 0 aliphatic rings. The Kier molecular flexibility index (Phi) is 5.36. The third kappa shape index (κ3) is 3.88. The molecule has 2 aromatic rings. The SMILES string of the molecule is CCc1cccc(C)c1N(C(=N)N)C(=O)NCc1ccccc1. The number of hydrogen-bond acceptors (Lipinski definition) is 2. The van der Waals surface area contributed by atoms with Crippen LogP contribution in [0.1, 0.15) is 23.6 Å². The van der Waals surface area contributed by atoms with Crippen LogP contribution in [0.4, 0.5) is 10.5 Å². The van der Waals surface area contributed by atoms with Crippen molar-refractivity contribution in [3.63, 3.8) is 0 Å². The van der Waals surface area contributed by atoms with Gasteiger partial charge in [-0.25, -0.2) is 9.69 Å². The van der Waals surface area contributed by atoms with Crippen molar-refractivity contribution in [1.82, 2.24) is 5.32 Å². The Bertz CT molecular complexity index is 697. The molecule has 0 fully saturated rings. The highest BCUT2D eigenvalue weighted by Crippen LogP contribution is 2.25. The first-order valence-corrected chi connectivity index (χ1v) is 7.59. The van der Waals surface area contributed by atoms with E-state index in [1.807, 2.05) is 62.4 Å². The monoisotopic (exact) mass is 310 g/mol. The van der Waals surface area contributed by atoms with Gasteiger partial charge in [0.2, 0.25) is 5.96 Å². The molecule has 23 heavy (non-hydrogen) atoms. The predicted molar refractivity (Wildman–Crippen MR) is 93.6 cm³/mol. The minimum absolute atomic E-state index is 0.292. The maximum atomic E-state index is 12.6. The van der Waals surface area contributed by atoms with Crippen LogP contribution in [-0.4, -0.2) is 12.0 Å². The summed E-state index contributed by atoms with van der Waals surface area (Å²) in [7, 11) is 0. The Balaban J connectivity index is 2.25. The average molecular weight is 310 g/mol. The number of benzene rings is 2. The van der Waals surface area contributed by atoms with Gasteiger partial charge in [-0.2, -0.15) is 0 Å². The van der Waals surface area contributed by atoms with E-state index in [0.29, 0.717) is 12.2 Å². The van der Waals surface area contributed by atoms with E-state index in [0.717, 1.165) is 23.1 Å². The molecule has 0 atom stereocenters. The van der Waals surface area contributed by atoms with Crippen LogP contribution in [0.15, 0.2) is 48.5 Å². The molecule has 0 aliphatic heterocycles. The number of urea groups is 1. The van der Waals surface area contributed by atoms with Crippen molar-refractivity contribution >= 4 is 17.7 Å². The minimum atomic E-state index is -0.398. The molecule has 4 N–H and O–H groups in total. The van der Waals surface area contributed by atoms with E-state index in [9.17, 15) is 4.79 Å². The lowest BCUT2D eigenvalue weighted by molar-refractivity contribution is 0.248. The van der Waals surface area contributed by atoms with Gasteiger partial charge in [0.1, 0.15) is 0 Å². The number of para-hydroxylation sites is 1. The summed E-state index contributed by atoms with van der Waals surface area (Å²) in [5.74, 6) is -0.292. The zero-order chi connectivity index (χ0) is 16.8. The maximum absolute atomic E-state index is 12.6. The van der Waals surface area contributed by atoms with Crippen molar-refractivity contribution < 1.29 is 4.79 Å². The number of nitrogens with zero attached hydrogens (tertiary/aromatic N) is 1. The highest BCUT2D eigenvalue weighted by Gasteiger charge is 2.22. The highest BCUT2D eigenvalue weighted by molar-refractivity contribution is 6.14. The van der Waals surface area contributed by atoms with Crippen LogP contribution in [-0.2, 0) is 13.0 Å². The summed E-state index contributed by atoms with van der Waals surface area (Å²) in [6.07, 6.45) is 0.757. The second-order valence-electron chi connectivity index (χ2n) is 5.30. The summed E-state index contributed by atoms with van der Waals surface area (Å²) in [6, 6.07) is 15.0. The van der Waals surface area contributed by atoms with Gasteiger partial charge >= 0.3 is 6.03 Å². The molecule has 0 bridgehead atoms. The Labute approximate surface area is 136 Å². The molecule has 5 heteroatoms. The molecule has 0 aromatic heterocycles. The number of aryl methyl sites for hydroxylation is 2. The Hall–Kier alpha value is -2.82. The van der Waals surface area contributed by atoms with Crippen molar-refractivity contribution in [2.24, 2.45) is 5.73 Å². The van der Waals surface area contributed by atoms with Gasteiger partial charge in [0.25, 0.3) is 0 Å². The van der Waals surface area contributed by atoms with E-state index in [1.165, 1.54) is 4.90 Å². The van der Waals surface area contributed by atoms with E-state index < -0.39 is 6.03 Å². The average Bonchev–Trinajstić information content (AvgIpc) is 2.55. The minimum Gasteiger partial charge on any atom is -0.369 e. The number of guanidine groups is 1. The molecule has 5 nitrogen and oxygen atoms in total. The smallest absolute Gasteiger partial charge is 0.329 e. The van der Waals surface area contributed by atoms with Gasteiger partial charge in [-0.1, -0.05) is 55.5 Å².